The fraction of sp³-hybridized carbons (Fsp3) is 0.200. The van der Waals surface area contributed by atoms with Gasteiger partial charge in [0.15, 0.2) is 0 Å². The van der Waals surface area contributed by atoms with Gasteiger partial charge in [-0.3, -0.25) is 0 Å². The number of allylic oxidation sites excluding steroid dienone is 1. The standard InChI is InChI=1S/C30H29N2P/c31-30-29(25-17-9-10-18-26(25)32-30)28-24-16-8-7-11-21(24)19-20-27(28)33(22-12-3-1-4-13-22)23-14-5-2-6-15-23/h1-6,11-17,19-20,26,32H,7-10,18,31H2. The van der Waals surface area contributed by atoms with E-state index in [1.54, 1.807) is 0 Å². The average Bonchev–Trinajstić information content (AvgIpc) is 3.21. The molecule has 0 bridgehead atoms. The third-order valence-corrected chi connectivity index (χ3v) is 9.46. The number of hydrogen-bond donors (Lipinski definition) is 2. The van der Waals surface area contributed by atoms with Gasteiger partial charge in [0.25, 0.3) is 0 Å². The zero-order valence-electron chi connectivity index (χ0n) is 18.8. The Balaban J connectivity index is 1.67. The van der Waals surface area contributed by atoms with E-state index in [0.717, 1.165) is 31.5 Å². The molecule has 0 spiro atoms. The third-order valence-electron chi connectivity index (χ3n) is 6.98. The predicted octanol–water partition coefficient (Wildman–Crippen LogP) is 3.51. The summed E-state index contributed by atoms with van der Waals surface area (Å²) in [4.78, 5) is 0. The van der Waals surface area contributed by atoms with Crippen molar-refractivity contribution in [1.29, 1.82) is 0 Å². The largest absolute Gasteiger partial charge is 0.385 e. The molecule has 6 rings (SSSR count). The van der Waals surface area contributed by atoms with Crippen molar-refractivity contribution in [3.8, 4) is 0 Å². The van der Waals surface area contributed by atoms with E-state index in [-0.39, 0.29) is 0 Å². The normalized spacial score (nSPS) is 19.2. The molecule has 164 valence electrons. The van der Waals surface area contributed by atoms with Crippen LogP contribution in [0.1, 0.15) is 37.7 Å². The Kier molecular flexibility index (Phi) is 5.40. The van der Waals surface area contributed by atoms with Gasteiger partial charge in [0.1, 0.15) is 5.82 Å². The Morgan fingerprint density at radius 3 is 2.18 bits per heavy atom. The number of rotatable bonds is 4. The van der Waals surface area contributed by atoms with Gasteiger partial charge in [0.05, 0.1) is 6.04 Å². The molecule has 0 saturated carbocycles. The first kappa shape index (κ1) is 20.5. The average molecular weight is 449 g/mol. The Morgan fingerprint density at radius 1 is 0.758 bits per heavy atom. The van der Waals surface area contributed by atoms with Crippen molar-refractivity contribution in [3.05, 3.63) is 106 Å². The first-order valence-corrected chi connectivity index (χ1v) is 13.4. The van der Waals surface area contributed by atoms with E-state index in [2.05, 4.69) is 96.3 Å². The van der Waals surface area contributed by atoms with E-state index in [9.17, 15) is 0 Å². The molecule has 0 amide bonds. The molecule has 3 N–H and O–H groups in total. The first-order valence-electron chi connectivity index (χ1n) is 12.0. The van der Waals surface area contributed by atoms with Crippen LogP contribution >= 0.6 is 7.92 Å². The lowest BCUT2D eigenvalue weighted by Gasteiger charge is -2.25. The third kappa shape index (κ3) is 3.63. The lowest BCUT2D eigenvalue weighted by molar-refractivity contribution is 0.571. The maximum absolute atomic E-state index is 6.76. The molecule has 3 aromatic carbocycles. The minimum Gasteiger partial charge on any atom is -0.385 e. The molecule has 1 atom stereocenters. The molecule has 0 radical (unpaired) electrons. The van der Waals surface area contributed by atoms with Crippen molar-refractivity contribution in [2.24, 2.45) is 5.73 Å². The molecule has 33 heavy (non-hydrogen) atoms. The van der Waals surface area contributed by atoms with Crippen LogP contribution in [0.25, 0.3) is 17.7 Å². The van der Waals surface area contributed by atoms with Crippen molar-refractivity contribution in [2.75, 3.05) is 0 Å². The second kappa shape index (κ2) is 8.69. The van der Waals surface area contributed by atoms with Crippen LogP contribution < -0.4 is 37.4 Å². The Bertz CT molecular complexity index is 1330. The molecule has 1 unspecified atom stereocenters. The van der Waals surface area contributed by atoms with Gasteiger partial charge in [-0.25, -0.2) is 0 Å². The van der Waals surface area contributed by atoms with Crippen LogP contribution in [0.4, 0.5) is 0 Å². The highest BCUT2D eigenvalue weighted by atomic mass is 31.1. The topological polar surface area (TPSA) is 38.0 Å². The summed E-state index contributed by atoms with van der Waals surface area (Å²) in [5.41, 5.74) is 10.8. The molecule has 2 nitrogen and oxygen atoms in total. The van der Waals surface area contributed by atoms with E-state index < -0.39 is 7.92 Å². The summed E-state index contributed by atoms with van der Waals surface area (Å²) in [6.45, 7) is 0. The summed E-state index contributed by atoms with van der Waals surface area (Å²) in [5, 5.41) is 10.5. The number of fused-ring (bicyclic) bond motifs is 2. The predicted molar refractivity (Wildman–Crippen MR) is 143 cm³/mol. The number of hydrogen-bond acceptors (Lipinski definition) is 2. The fourth-order valence-corrected chi connectivity index (χ4v) is 7.99. The van der Waals surface area contributed by atoms with Crippen molar-refractivity contribution in [3.63, 3.8) is 0 Å². The van der Waals surface area contributed by atoms with Gasteiger partial charge in [-0.2, -0.15) is 0 Å². The molecule has 0 aromatic heterocycles. The lowest BCUT2D eigenvalue weighted by atomic mass is 9.87. The highest BCUT2D eigenvalue weighted by molar-refractivity contribution is 7.80. The van der Waals surface area contributed by atoms with Gasteiger partial charge in [0, 0.05) is 11.1 Å². The van der Waals surface area contributed by atoms with E-state index in [1.165, 1.54) is 49.5 Å². The number of nitrogens with two attached hydrogens (primary N) is 1. The van der Waals surface area contributed by atoms with Crippen LogP contribution in [-0.2, 0) is 0 Å². The van der Waals surface area contributed by atoms with Crippen LogP contribution in [0.15, 0.2) is 90.3 Å². The Morgan fingerprint density at radius 2 is 1.45 bits per heavy atom. The van der Waals surface area contributed by atoms with Crippen LogP contribution in [0.2, 0.25) is 0 Å². The summed E-state index contributed by atoms with van der Waals surface area (Å²) in [6.07, 6.45) is 13.0. The molecule has 3 aromatic rings. The molecule has 1 heterocycles. The smallest absolute Gasteiger partial charge is 0.105 e. The van der Waals surface area contributed by atoms with Crippen molar-refractivity contribution < 1.29 is 0 Å². The second-order valence-corrected chi connectivity index (χ2v) is 11.2. The van der Waals surface area contributed by atoms with Crippen LogP contribution in [-0.4, -0.2) is 6.04 Å². The van der Waals surface area contributed by atoms with Crippen molar-refractivity contribution in [1.82, 2.24) is 5.32 Å². The Labute approximate surface area is 197 Å². The number of nitrogens with one attached hydrogen (secondary N) is 1. The van der Waals surface area contributed by atoms with E-state index in [0.29, 0.717) is 6.04 Å². The summed E-state index contributed by atoms with van der Waals surface area (Å²) >= 11 is 0. The second-order valence-electron chi connectivity index (χ2n) is 9.03. The first-order chi connectivity index (χ1) is 16.3. The zero-order valence-corrected chi connectivity index (χ0v) is 19.7. The zero-order chi connectivity index (χ0) is 22.2. The molecule has 1 aliphatic heterocycles. The van der Waals surface area contributed by atoms with Gasteiger partial charge < -0.3 is 11.1 Å². The van der Waals surface area contributed by atoms with Gasteiger partial charge in [0.2, 0.25) is 0 Å². The van der Waals surface area contributed by atoms with E-state index >= 15 is 0 Å². The van der Waals surface area contributed by atoms with Crippen LogP contribution in [0.3, 0.4) is 0 Å². The maximum Gasteiger partial charge on any atom is 0.105 e. The molecule has 3 heteroatoms. The Hall–Kier alpha value is -3.09. The molecule has 2 aliphatic carbocycles. The monoisotopic (exact) mass is 448 g/mol. The summed E-state index contributed by atoms with van der Waals surface area (Å²) in [7, 11) is -0.720. The molecular formula is C30H29N2P. The quantitative estimate of drug-likeness (QED) is 0.600. The summed E-state index contributed by atoms with van der Waals surface area (Å²) in [5.74, 6) is 0.845. The molecule has 0 saturated heterocycles. The van der Waals surface area contributed by atoms with Crippen LogP contribution in [0, 0.1) is 0 Å². The highest BCUT2D eigenvalue weighted by Gasteiger charge is 2.33. The SMILES string of the molecule is NC1=C(c2c(P(c3ccccc3)c3ccccc3)ccc3c2=CCCC=3)C2=CCCCC2N1. The molecule has 0 fully saturated rings. The van der Waals surface area contributed by atoms with Crippen LogP contribution in [0.5, 0.6) is 0 Å². The van der Waals surface area contributed by atoms with E-state index in [4.69, 9.17) is 5.73 Å². The van der Waals surface area contributed by atoms with Gasteiger partial charge >= 0.3 is 0 Å². The highest BCUT2D eigenvalue weighted by Crippen LogP contribution is 2.40. The fourth-order valence-electron chi connectivity index (χ4n) is 5.52. The minimum absolute atomic E-state index is 0.352. The maximum atomic E-state index is 6.76. The minimum atomic E-state index is -0.720. The van der Waals surface area contributed by atoms with Gasteiger partial charge in [-0.15, -0.1) is 0 Å². The lowest BCUT2D eigenvalue weighted by Crippen LogP contribution is -2.38. The molecule has 3 aliphatic rings. The van der Waals surface area contributed by atoms with E-state index in [1.807, 2.05) is 0 Å². The van der Waals surface area contributed by atoms with Gasteiger partial charge in [-0.05, 0) is 71.9 Å². The van der Waals surface area contributed by atoms with Crippen molar-refractivity contribution in [2.45, 2.75) is 38.1 Å². The molecular weight excluding hydrogens is 419 g/mol. The van der Waals surface area contributed by atoms with Gasteiger partial charge in [-0.1, -0.05) is 91.0 Å². The summed E-state index contributed by atoms with van der Waals surface area (Å²) in [6, 6.07) is 27.1. The number of benzene rings is 3. The van der Waals surface area contributed by atoms with Crippen molar-refractivity contribution >= 4 is 41.6 Å². The summed E-state index contributed by atoms with van der Waals surface area (Å²) < 4.78 is 0.